The third kappa shape index (κ3) is 1.42. The molecule has 2 aliphatic heterocycles. The molecule has 0 amide bonds. The van der Waals surface area contributed by atoms with Gasteiger partial charge in [0.25, 0.3) is 0 Å². The third-order valence-corrected chi connectivity index (χ3v) is 3.28. The normalized spacial score (nSPS) is 37.3. The Bertz CT molecular complexity index is 195. The van der Waals surface area contributed by atoms with Crippen molar-refractivity contribution in [2.45, 2.75) is 51.6 Å². The summed E-state index contributed by atoms with van der Waals surface area (Å²) in [6.07, 6.45) is 8.04. The lowest BCUT2D eigenvalue weighted by Gasteiger charge is -2.42. The van der Waals surface area contributed by atoms with Gasteiger partial charge in [0.15, 0.2) is 0 Å². The van der Waals surface area contributed by atoms with Crippen molar-refractivity contribution in [1.29, 1.82) is 0 Å². The van der Waals surface area contributed by atoms with Crippen LogP contribution in [0, 0.1) is 0 Å². The molecule has 2 atom stereocenters. The highest BCUT2D eigenvalue weighted by Crippen LogP contribution is 2.29. The molecular weight excluding hydrogens is 146 g/mol. The lowest BCUT2D eigenvalue weighted by molar-refractivity contribution is 0.114. The predicted octanol–water partition coefficient (Wildman–Crippen LogP) is 2.58. The molecule has 0 saturated carbocycles. The average Bonchev–Trinajstić information content (AvgIpc) is 2.04. The Balaban J connectivity index is 2.12. The van der Waals surface area contributed by atoms with Crippen LogP contribution in [-0.4, -0.2) is 23.5 Å². The summed E-state index contributed by atoms with van der Waals surface area (Å²) in [6, 6.07) is 1.57. The Morgan fingerprint density at radius 3 is 3.08 bits per heavy atom. The van der Waals surface area contributed by atoms with E-state index in [1.165, 1.54) is 32.2 Å². The van der Waals surface area contributed by atoms with Crippen molar-refractivity contribution in [1.82, 2.24) is 4.90 Å². The van der Waals surface area contributed by atoms with Crippen LogP contribution in [0.5, 0.6) is 0 Å². The fourth-order valence-corrected chi connectivity index (χ4v) is 2.73. The monoisotopic (exact) mass is 165 g/mol. The van der Waals surface area contributed by atoms with Crippen molar-refractivity contribution >= 4 is 0 Å². The summed E-state index contributed by atoms with van der Waals surface area (Å²) in [4.78, 5) is 2.68. The Kier molecular flexibility index (Phi) is 2.22. The predicted molar refractivity (Wildman–Crippen MR) is 52.2 cm³/mol. The molecule has 12 heavy (non-hydrogen) atoms. The molecular formula is C11H19N. The molecule has 1 heteroatoms. The van der Waals surface area contributed by atoms with Crippen molar-refractivity contribution < 1.29 is 0 Å². The highest BCUT2D eigenvalue weighted by atomic mass is 15.2. The van der Waals surface area contributed by atoms with Gasteiger partial charge in [-0.1, -0.05) is 18.1 Å². The first kappa shape index (κ1) is 8.31. The van der Waals surface area contributed by atoms with E-state index in [2.05, 4.69) is 24.8 Å². The van der Waals surface area contributed by atoms with Crippen molar-refractivity contribution in [3.05, 3.63) is 11.6 Å². The number of fused-ring (bicyclic) bond motifs is 1. The van der Waals surface area contributed by atoms with Crippen LogP contribution in [0.25, 0.3) is 0 Å². The molecule has 0 radical (unpaired) electrons. The van der Waals surface area contributed by atoms with Crippen LogP contribution in [0.1, 0.15) is 39.5 Å². The van der Waals surface area contributed by atoms with Crippen molar-refractivity contribution in [3.63, 3.8) is 0 Å². The van der Waals surface area contributed by atoms with Crippen LogP contribution in [0.2, 0.25) is 0 Å². The fourth-order valence-electron chi connectivity index (χ4n) is 2.73. The molecule has 0 aromatic carbocycles. The van der Waals surface area contributed by atoms with E-state index in [0.717, 1.165) is 6.04 Å². The summed E-state index contributed by atoms with van der Waals surface area (Å²) < 4.78 is 0. The van der Waals surface area contributed by atoms with Crippen LogP contribution in [0.15, 0.2) is 11.6 Å². The number of piperidine rings is 1. The highest BCUT2D eigenvalue weighted by molar-refractivity contribution is 5.11. The number of nitrogens with zero attached hydrogens (tertiary/aromatic N) is 1. The molecule has 68 valence electrons. The lowest BCUT2D eigenvalue weighted by Crippen LogP contribution is -2.46. The molecule has 2 rings (SSSR count). The second-order valence-electron chi connectivity index (χ2n) is 4.35. The van der Waals surface area contributed by atoms with E-state index >= 15 is 0 Å². The zero-order valence-electron chi connectivity index (χ0n) is 8.21. The van der Waals surface area contributed by atoms with Gasteiger partial charge >= 0.3 is 0 Å². The quantitative estimate of drug-likeness (QED) is 0.499. The number of hydrogen-bond acceptors (Lipinski definition) is 1. The van der Waals surface area contributed by atoms with Gasteiger partial charge < -0.3 is 0 Å². The molecule has 1 saturated heterocycles. The summed E-state index contributed by atoms with van der Waals surface area (Å²) in [5.41, 5.74) is 1.60. The van der Waals surface area contributed by atoms with Gasteiger partial charge in [-0.2, -0.15) is 0 Å². The van der Waals surface area contributed by atoms with Crippen LogP contribution in [0.4, 0.5) is 0 Å². The summed E-state index contributed by atoms with van der Waals surface area (Å²) >= 11 is 0. The van der Waals surface area contributed by atoms with Gasteiger partial charge in [-0.15, -0.1) is 0 Å². The largest absolute Gasteiger partial charge is 0.294 e. The Labute approximate surface area is 75.4 Å². The zero-order valence-corrected chi connectivity index (χ0v) is 8.21. The minimum absolute atomic E-state index is 0.698. The van der Waals surface area contributed by atoms with E-state index < -0.39 is 0 Å². The van der Waals surface area contributed by atoms with E-state index in [4.69, 9.17) is 0 Å². The maximum absolute atomic E-state index is 2.68. The first-order valence-corrected chi connectivity index (χ1v) is 5.20. The molecule has 0 spiro atoms. The molecule has 2 aliphatic rings. The second kappa shape index (κ2) is 3.21. The number of hydrogen-bond donors (Lipinski definition) is 0. The van der Waals surface area contributed by atoms with Crippen molar-refractivity contribution in [2.24, 2.45) is 0 Å². The highest BCUT2D eigenvalue weighted by Gasteiger charge is 2.28. The molecule has 2 unspecified atom stereocenters. The van der Waals surface area contributed by atoms with Gasteiger partial charge in [-0.05, 0) is 39.7 Å². The summed E-state index contributed by atoms with van der Waals surface area (Å²) in [5, 5.41) is 0. The summed E-state index contributed by atoms with van der Waals surface area (Å²) in [5.74, 6) is 0. The second-order valence-corrected chi connectivity index (χ2v) is 4.35. The van der Waals surface area contributed by atoms with Gasteiger partial charge in [0.05, 0.1) is 0 Å². The molecule has 0 N–H and O–H groups in total. The van der Waals surface area contributed by atoms with Crippen LogP contribution in [-0.2, 0) is 0 Å². The standard InChI is InChI=1S/C11H19N/c1-9-7-10(2)12-6-4-3-5-11(12)8-9/h7,10-11H,3-6,8H2,1-2H3. The zero-order chi connectivity index (χ0) is 8.55. The minimum atomic E-state index is 0.698. The number of rotatable bonds is 0. The minimum Gasteiger partial charge on any atom is -0.294 e. The van der Waals surface area contributed by atoms with Crippen LogP contribution in [0.3, 0.4) is 0 Å². The fraction of sp³-hybridized carbons (Fsp3) is 0.818. The lowest BCUT2D eigenvalue weighted by atomic mass is 9.90. The van der Waals surface area contributed by atoms with Gasteiger partial charge in [-0.3, -0.25) is 4.90 Å². The topological polar surface area (TPSA) is 3.24 Å². The molecule has 0 bridgehead atoms. The molecule has 0 aromatic rings. The molecule has 1 fully saturated rings. The van der Waals surface area contributed by atoms with E-state index in [0.29, 0.717) is 6.04 Å². The van der Waals surface area contributed by atoms with E-state index in [1.54, 1.807) is 5.57 Å². The molecule has 0 aliphatic carbocycles. The smallest absolute Gasteiger partial charge is 0.0255 e. The van der Waals surface area contributed by atoms with Gasteiger partial charge in [0.2, 0.25) is 0 Å². The van der Waals surface area contributed by atoms with Gasteiger partial charge in [-0.25, -0.2) is 0 Å². The van der Waals surface area contributed by atoms with Gasteiger partial charge in [0, 0.05) is 12.1 Å². The van der Waals surface area contributed by atoms with E-state index in [1.807, 2.05) is 0 Å². The maximum atomic E-state index is 2.68. The Hall–Kier alpha value is -0.300. The van der Waals surface area contributed by atoms with Crippen LogP contribution < -0.4 is 0 Å². The third-order valence-electron chi connectivity index (χ3n) is 3.28. The van der Waals surface area contributed by atoms with Crippen LogP contribution >= 0.6 is 0 Å². The van der Waals surface area contributed by atoms with Gasteiger partial charge in [0.1, 0.15) is 0 Å². The summed E-state index contributed by atoms with van der Waals surface area (Å²) in [6.45, 7) is 5.94. The summed E-state index contributed by atoms with van der Waals surface area (Å²) in [7, 11) is 0. The molecule has 0 aromatic heterocycles. The molecule has 1 nitrogen and oxygen atoms in total. The average molecular weight is 165 g/mol. The maximum Gasteiger partial charge on any atom is 0.0255 e. The van der Waals surface area contributed by atoms with Crippen molar-refractivity contribution in [3.8, 4) is 0 Å². The molecule has 2 heterocycles. The van der Waals surface area contributed by atoms with E-state index in [-0.39, 0.29) is 0 Å². The van der Waals surface area contributed by atoms with Crippen molar-refractivity contribution in [2.75, 3.05) is 6.54 Å². The van der Waals surface area contributed by atoms with E-state index in [9.17, 15) is 0 Å². The Morgan fingerprint density at radius 1 is 1.42 bits per heavy atom. The first-order valence-electron chi connectivity index (χ1n) is 5.20. The SMILES string of the molecule is CC1=CC(C)N2CCCCC2C1. The Morgan fingerprint density at radius 2 is 2.25 bits per heavy atom. The first-order chi connectivity index (χ1) is 5.77.